The van der Waals surface area contributed by atoms with Crippen molar-refractivity contribution >= 4 is 22.6 Å². The van der Waals surface area contributed by atoms with E-state index in [2.05, 4.69) is 24.5 Å². The summed E-state index contributed by atoms with van der Waals surface area (Å²) in [6.45, 7) is 6.59. The standard InChI is InChI=1S/C17H20ClN3/c1-11(18)16-20-13-7-6-12(10-19)9-14(13)21(16)15-5-4-8-17(15,2)3/h6-7,9,11,15H,4-5,8H2,1-3H3. The first-order chi connectivity index (χ1) is 9.94. The van der Waals surface area contributed by atoms with Crippen molar-refractivity contribution in [2.75, 3.05) is 0 Å². The summed E-state index contributed by atoms with van der Waals surface area (Å²) in [5, 5.41) is 9.03. The highest BCUT2D eigenvalue weighted by Gasteiger charge is 2.38. The SMILES string of the molecule is CC(Cl)c1nc2ccc(C#N)cc2n1C1CCCC1(C)C. The molecule has 3 rings (SSSR count). The zero-order valence-electron chi connectivity index (χ0n) is 12.7. The Hall–Kier alpha value is -1.53. The maximum Gasteiger partial charge on any atom is 0.127 e. The van der Waals surface area contributed by atoms with Crippen molar-refractivity contribution < 1.29 is 0 Å². The minimum absolute atomic E-state index is 0.140. The van der Waals surface area contributed by atoms with Crippen molar-refractivity contribution in [1.29, 1.82) is 5.26 Å². The van der Waals surface area contributed by atoms with E-state index >= 15 is 0 Å². The number of nitriles is 1. The first kappa shape index (κ1) is 14.4. The largest absolute Gasteiger partial charge is 0.323 e. The second-order valence-electron chi connectivity index (χ2n) is 6.67. The molecule has 0 amide bonds. The van der Waals surface area contributed by atoms with Crippen LogP contribution < -0.4 is 0 Å². The highest BCUT2D eigenvalue weighted by molar-refractivity contribution is 6.20. The van der Waals surface area contributed by atoms with Crippen molar-refractivity contribution in [3.63, 3.8) is 0 Å². The van der Waals surface area contributed by atoms with E-state index in [1.165, 1.54) is 12.8 Å². The summed E-state index contributed by atoms with van der Waals surface area (Å²) in [4.78, 5) is 4.72. The van der Waals surface area contributed by atoms with E-state index < -0.39 is 0 Å². The predicted octanol–water partition coefficient (Wildman–Crippen LogP) is 4.96. The summed E-state index contributed by atoms with van der Waals surface area (Å²) in [5.41, 5.74) is 2.88. The Balaban J connectivity index is 2.27. The lowest BCUT2D eigenvalue weighted by atomic mass is 9.87. The van der Waals surface area contributed by atoms with Gasteiger partial charge in [0, 0.05) is 6.04 Å². The van der Waals surface area contributed by atoms with Crippen molar-refractivity contribution in [2.45, 2.75) is 51.5 Å². The fourth-order valence-electron chi connectivity index (χ4n) is 3.58. The molecule has 1 aromatic heterocycles. The molecule has 0 saturated heterocycles. The first-order valence-corrected chi connectivity index (χ1v) is 7.94. The van der Waals surface area contributed by atoms with Gasteiger partial charge in [0.15, 0.2) is 0 Å². The van der Waals surface area contributed by atoms with Gasteiger partial charge >= 0.3 is 0 Å². The molecule has 2 atom stereocenters. The van der Waals surface area contributed by atoms with Crippen LogP contribution in [0.3, 0.4) is 0 Å². The molecule has 2 aromatic rings. The lowest BCUT2D eigenvalue weighted by molar-refractivity contribution is 0.261. The molecular formula is C17H20ClN3. The van der Waals surface area contributed by atoms with Crippen molar-refractivity contribution in [1.82, 2.24) is 9.55 Å². The molecule has 1 heterocycles. The van der Waals surface area contributed by atoms with Gasteiger partial charge in [-0.1, -0.05) is 20.3 Å². The van der Waals surface area contributed by atoms with Crippen molar-refractivity contribution in [2.24, 2.45) is 5.41 Å². The molecule has 0 spiro atoms. The molecule has 2 unspecified atom stereocenters. The van der Waals surface area contributed by atoms with E-state index in [4.69, 9.17) is 21.8 Å². The average molecular weight is 302 g/mol. The molecule has 0 aliphatic heterocycles. The predicted molar refractivity (Wildman–Crippen MR) is 85.4 cm³/mol. The van der Waals surface area contributed by atoms with Gasteiger partial charge in [0.05, 0.1) is 28.0 Å². The van der Waals surface area contributed by atoms with E-state index in [1.54, 1.807) is 0 Å². The van der Waals surface area contributed by atoms with Crippen LogP contribution >= 0.6 is 11.6 Å². The van der Waals surface area contributed by atoms with Crippen LogP contribution in [-0.2, 0) is 0 Å². The van der Waals surface area contributed by atoms with Gasteiger partial charge in [-0.25, -0.2) is 4.98 Å². The van der Waals surface area contributed by atoms with Crippen molar-refractivity contribution in [3.05, 3.63) is 29.6 Å². The Bertz CT molecular complexity index is 721. The van der Waals surface area contributed by atoms with E-state index in [0.29, 0.717) is 11.6 Å². The molecule has 1 aliphatic carbocycles. The lowest BCUT2D eigenvalue weighted by Gasteiger charge is -2.30. The number of aromatic nitrogens is 2. The van der Waals surface area contributed by atoms with Crippen LogP contribution in [0.15, 0.2) is 18.2 Å². The normalized spacial score (nSPS) is 22.3. The van der Waals surface area contributed by atoms with Crippen LogP contribution in [0.4, 0.5) is 0 Å². The first-order valence-electron chi connectivity index (χ1n) is 7.50. The minimum atomic E-state index is -0.140. The monoisotopic (exact) mass is 301 g/mol. The number of fused-ring (bicyclic) bond motifs is 1. The molecule has 1 aromatic carbocycles. The maximum absolute atomic E-state index is 9.17. The highest BCUT2D eigenvalue weighted by atomic mass is 35.5. The third-order valence-corrected chi connectivity index (χ3v) is 4.91. The van der Waals surface area contributed by atoms with Crippen LogP contribution in [0.1, 0.15) is 62.8 Å². The van der Waals surface area contributed by atoms with Gasteiger partial charge in [0.25, 0.3) is 0 Å². The fourth-order valence-corrected chi connectivity index (χ4v) is 3.73. The lowest BCUT2D eigenvalue weighted by Crippen LogP contribution is -2.23. The Morgan fingerprint density at radius 3 is 2.81 bits per heavy atom. The number of alkyl halides is 1. The van der Waals surface area contributed by atoms with Crippen LogP contribution in [0.5, 0.6) is 0 Å². The molecule has 0 bridgehead atoms. The number of benzene rings is 1. The molecule has 1 saturated carbocycles. The Kier molecular flexibility index (Phi) is 3.45. The van der Waals surface area contributed by atoms with Gasteiger partial charge in [-0.2, -0.15) is 5.26 Å². The van der Waals surface area contributed by atoms with E-state index in [1.807, 2.05) is 25.1 Å². The van der Waals surface area contributed by atoms with E-state index in [9.17, 15) is 0 Å². The third kappa shape index (κ3) is 2.32. The molecule has 110 valence electrons. The Morgan fingerprint density at radius 2 is 2.24 bits per heavy atom. The summed E-state index contributed by atoms with van der Waals surface area (Å²) >= 11 is 6.38. The average Bonchev–Trinajstić information content (AvgIpc) is 2.97. The quantitative estimate of drug-likeness (QED) is 0.736. The molecule has 3 nitrogen and oxygen atoms in total. The van der Waals surface area contributed by atoms with Crippen LogP contribution in [-0.4, -0.2) is 9.55 Å². The number of rotatable bonds is 2. The zero-order valence-corrected chi connectivity index (χ0v) is 13.5. The number of hydrogen-bond acceptors (Lipinski definition) is 2. The molecular weight excluding hydrogens is 282 g/mol. The number of halogens is 1. The summed E-state index contributed by atoms with van der Waals surface area (Å²) in [7, 11) is 0. The summed E-state index contributed by atoms with van der Waals surface area (Å²) in [5.74, 6) is 0.918. The maximum atomic E-state index is 9.17. The van der Waals surface area contributed by atoms with Crippen LogP contribution in [0.25, 0.3) is 11.0 Å². The van der Waals surface area contributed by atoms with Crippen LogP contribution in [0, 0.1) is 16.7 Å². The van der Waals surface area contributed by atoms with Gasteiger partial charge in [-0.3, -0.25) is 0 Å². The summed E-state index contributed by atoms with van der Waals surface area (Å²) in [6.07, 6.45) is 3.59. The molecule has 21 heavy (non-hydrogen) atoms. The molecule has 0 radical (unpaired) electrons. The zero-order chi connectivity index (χ0) is 15.2. The van der Waals surface area contributed by atoms with E-state index in [0.717, 1.165) is 23.3 Å². The summed E-state index contributed by atoms with van der Waals surface area (Å²) < 4.78 is 2.29. The Labute approximate surface area is 130 Å². The molecule has 4 heteroatoms. The van der Waals surface area contributed by atoms with Gasteiger partial charge in [-0.05, 0) is 43.4 Å². The fraction of sp³-hybridized carbons (Fsp3) is 0.529. The van der Waals surface area contributed by atoms with Gasteiger partial charge < -0.3 is 4.57 Å². The topological polar surface area (TPSA) is 41.6 Å². The highest BCUT2D eigenvalue weighted by Crippen LogP contribution is 2.48. The van der Waals surface area contributed by atoms with Gasteiger partial charge in [-0.15, -0.1) is 11.6 Å². The molecule has 1 aliphatic rings. The minimum Gasteiger partial charge on any atom is -0.323 e. The third-order valence-electron chi connectivity index (χ3n) is 4.71. The second kappa shape index (κ2) is 5.03. The smallest absolute Gasteiger partial charge is 0.127 e. The van der Waals surface area contributed by atoms with Gasteiger partial charge in [0.2, 0.25) is 0 Å². The van der Waals surface area contributed by atoms with Crippen molar-refractivity contribution in [3.8, 4) is 6.07 Å². The second-order valence-corrected chi connectivity index (χ2v) is 7.32. The van der Waals surface area contributed by atoms with E-state index in [-0.39, 0.29) is 10.8 Å². The van der Waals surface area contributed by atoms with Gasteiger partial charge in [0.1, 0.15) is 5.82 Å². The Morgan fingerprint density at radius 1 is 1.48 bits per heavy atom. The summed E-state index contributed by atoms with van der Waals surface area (Å²) in [6, 6.07) is 8.31. The van der Waals surface area contributed by atoms with Crippen LogP contribution in [0.2, 0.25) is 0 Å². The number of nitrogens with zero attached hydrogens (tertiary/aromatic N) is 3. The number of imidazole rings is 1. The number of hydrogen-bond donors (Lipinski definition) is 0. The molecule has 1 fully saturated rings. The molecule has 0 N–H and O–H groups in total.